The average Bonchev–Trinajstić information content (AvgIpc) is 2.96. The molecule has 6 nitrogen and oxygen atoms in total. The average molecular weight is 249 g/mol. The van der Waals surface area contributed by atoms with Crippen LogP contribution in [0.15, 0.2) is 24.8 Å². The van der Waals surface area contributed by atoms with E-state index in [1.54, 1.807) is 13.4 Å². The number of hydrogen-bond donors (Lipinski definition) is 1. The highest BCUT2D eigenvalue weighted by molar-refractivity contribution is 5.10. The van der Waals surface area contributed by atoms with Crippen LogP contribution in [0, 0.1) is 0 Å². The fraction of sp³-hybridized carbons (Fsp3) is 0.500. The smallest absolute Gasteiger partial charge is 0.152 e. The van der Waals surface area contributed by atoms with Crippen molar-refractivity contribution >= 4 is 0 Å². The number of methoxy groups -OCH3 is 1. The fourth-order valence-electron chi connectivity index (χ4n) is 1.71. The molecule has 0 aliphatic rings. The molecule has 6 heteroatoms. The summed E-state index contributed by atoms with van der Waals surface area (Å²) >= 11 is 0. The number of nitrogens with zero attached hydrogens (tertiary/aromatic N) is 4. The lowest BCUT2D eigenvalue weighted by molar-refractivity contribution is 0.199. The Bertz CT molecular complexity index is 476. The van der Waals surface area contributed by atoms with Crippen LogP contribution in [0.2, 0.25) is 0 Å². The molecule has 0 spiro atoms. The van der Waals surface area contributed by atoms with Gasteiger partial charge in [0.25, 0.3) is 0 Å². The molecule has 0 aliphatic heterocycles. The number of aromatic nitrogens is 4. The lowest BCUT2D eigenvalue weighted by atomic mass is 10.3. The zero-order chi connectivity index (χ0) is 12.8. The molecule has 98 valence electrons. The first kappa shape index (κ1) is 12.8. The van der Waals surface area contributed by atoms with Gasteiger partial charge in [0.05, 0.1) is 13.2 Å². The molecule has 0 fully saturated rings. The van der Waals surface area contributed by atoms with Crippen LogP contribution in [0.4, 0.5) is 0 Å². The third kappa shape index (κ3) is 3.41. The predicted molar refractivity (Wildman–Crippen MR) is 68.1 cm³/mol. The van der Waals surface area contributed by atoms with Gasteiger partial charge in [0.15, 0.2) is 5.82 Å². The molecule has 0 bridgehead atoms. The summed E-state index contributed by atoms with van der Waals surface area (Å²) in [6, 6.07) is 2.11. The van der Waals surface area contributed by atoms with Gasteiger partial charge in [-0.25, -0.2) is 0 Å². The molecule has 0 saturated heterocycles. The predicted octanol–water partition coefficient (Wildman–Crippen LogP) is 0.401. The summed E-state index contributed by atoms with van der Waals surface area (Å²) in [6.45, 7) is 3.20. The molecule has 0 unspecified atom stereocenters. The van der Waals surface area contributed by atoms with Gasteiger partial charge in [-0.3, -0.25) is 0 Å². The van der Waals surface area contributed by atoms with Crippen molar-refractivity contribution in [2.75, 3.05) is 20.3 Å². The van der Waals surface area contributed by atoms with Crippen LogP contribution in [-0.2, 0) is 24.9 Å². The first-order valence-corrected chi connectivity index (χ1v) is 5.97. The van der Waals surface area contributed by atoms with Gasteiger partial charge in [-0.1, -0.05) is 0 Å². The van der Waals surface area contributed by atoms with Gasteiger partial charge in [-0.05, 0) is 11.6 Å². The van der Waals surface area contributed by atoms with E-state index in [1.165, 1.54) is 5.56 Å². The maximum Gasteiger partial charge on any atom is 0.152 e. The number of ether oxygens (including phenoxy) is 1. The molecule has 2 aromatic rings. The second kappa shape index (κ2) is 6.32. The van der Waals surface area contributed by atoms with Crippen LogP contribution in [-0.4, -0.2) is 39.6 Å². The number of hydrogen-bond acceptors (Lipinski definition) is 4. The zero-order valence-corrected chi connectivity index (χ0v) is 10.8. The minimum atomic E-state index is 0.736. The molecule has 0 atom stereocenters. The van der Waals surface area contributed by atoms with Crippen molar-refractivity contribution in [3.05, 3.63) is 36.2 Å². The van der Waals surface area contributed by atoms with E-state index >= 15 is 0 Å². The Hall–Kier alpha value is -1.66. The Morgan fingerprint density at radius 2 is 2.33 bits per heavy atom. The summed E-state index contributed by atoms with van der Waals surface area (Å²) in [5, 5.41) is 11.2. The van der Waals surface area contributed by atoms with Crippen molar-refractivity contribution in [3.63, 3.8) is 0 Å². The summed E-state index contributed by atoms with van der Waals surface area (Å²) in [6.07, 6.45) is 5.89. The van der Waals surface area contributed by atoms with Crippen LogP contribution >= 0.6 is 0 Å². The Balaban J connectivity index is 1.84. The Labute approximate surface area is 107 Å². The first-order valence-electron chi connectivity index (χ1n) is 5.97. The van der Waals surface area contributed by atoms with Crippen molar-refractivity contribution in [1.29, 1.82) is 0 Å². The van der Waals surface area contributed by atoms with E-state index < -0.39 is 0 Å². The van der Waals surface area contributed by atoms with Gasteiger partial charge in [0.1, 0.15) is 6.33 Å². The molecule has 0 aliphatic carbocycles. The molecule has 1 N–H and O–H groups in total. The van der Waals surface area contributed by atoms with Gasteiger partial charge >= 0.3 is 0 Å². The van der Waals surface area contributed by atoms with E-state index in [2.05, 4.69) is 38.5 Å². The number of nitrogens with one attached hydrogen (secondary N) is 1. The monoisotopic (exact) mass is 249 g/mol. The first-order chi connectivity index (χ1) is 8.79. The normalized spacial score (nSPS) is 11.0. The SMILES string of the molecule is COCCNCc1ccn(Cc2nncn2C)c1. The van der Waals surface area contributed by atoms with E-state index in [-0.39, 0.29) is 0 Å². The summed E-state index contributed by atoms with van der Waals surface area (Å²) in [5.41, 5.74) is 1.26. The molecule has 2 heterocycles. The van der Waals surface area contributed by atoms with Crippen LogP contribution < -0.4 is 5.32 Å². The van der Waals surface area contributed by atoms with E-state index in [0.717, 1.165) is 32.1 Å². The lowest BCUT2D eigenvalue weighted by Crippen LogP contribution is -2.18. The molecular formula is C12H19N5O. The second-order valence-corrected chi connectivity index (χ2v) is 4.22. The third-order valence-electron chi connectivity index (χ3n) is 2.75. The van der Waals surface area contributed by atoms with Crippen LogP contribution in [0.25, 0.3) is 0 Å². The van der Waals surface area contributed by atoms with Crippen molar-refractivity contribution < 1.29 is 4.74 Å². The number of aryl methyl sites for hydroxylation is 1. The van der Waals surface area contributed by atoms with E-state index in [0.29, 0.717) is 0 Å². The molecule has 0 amide bonds. The largest absolute Gasteiger partial charge is 0.383 e. The van der Waals surface area contributed by atoms with E-state index in [4.69, 9.17) is 4.74 Å². The Morgan fingerprint density at radius 1 is 1.44 bits per heavy atom. The van der Waals surface area contributed by atoms with Gasteiger partial charge in [0, 0.05) is 39.6 Å². The molecule has 18 heavy (non-hydrogen) atoms. The maximum absolute atomic E-state index is 4.98. The summed E-state index contributed by atoms with van der Waals surface area (Å²) < 4.78 is 9.02. The van der Waals surface area contributed by atoms with Gasteiger partial charge < -0.3 is 19.2 Å². The van der Waals surface area contributed by atoms with Crippen LogP contribution in [0.5, 0.6) is 0 Å². The summed E-state index contributed by atoms with van der Waals surface area (Å²) in [5.74, 6) is 0.949. The number of rotatable bonds is 7. The molecule has 0 saturated carbocycles. The highest BCUT2D eigenvalue weighted by Crippen LogP contribution is 2.03. The lowest BCUT2D eigenvalue weighted by Gasteiger charge is -2.03. The standard InChI is InChI=1S/C12H19N5O/c1-16-10-14-15-12(16)9-17-5-3-11(8-17)7-13-4-6-18-2/h3,5,8,10,13H,4,6-7,9H2,1-2H3. The maximum atomic E-state index is 4.98. The summed E-state index contributed by atoms with van der Waals surface area (Å²) in [7, 11) is 3.66. The van der Waals surface area contributed by atoms with E-state index in [1.807, 2.05) is 11.6 Å². The molecular weight excluding hydrogens is 230 g/mol. The molecule has 2 aromatic heterocycles. The van der Waals surface area contributed by atoms with Crippen LogP contribution in [0.3, 0.4) is 0 Å². The third-order valence-corrected chi connectivity index (χ3v) is 2.75. The highest BCUT2D eigenvalue weighted by atomic mass is 16.5. The fourth-order valence-corrected chi connectivity index (χ4v) is 1.71. The molecule has 0 aromatic carbocycles. The van der Waals surface area contributed by atoms with Crippen LogP contribution in [0.1, 0.15) is 11.4 Å². The quantitative estimate of drug-likeness (QED) is 0.722. The summed E-state index contributed by atoms with van der Waals surface area (Å²) in [4.78, 5) is 0. The van der Waals surface area contributed by atoms with E-state index in [9.17, 15) is 0 Å². The Morgan fingerprint density at radius 3 is 3.06 bits per heavy atom. The van der Waals surface area contributed by atoms with Gasteiger partial charge in [-0.2, -0.15) is 0 Å². The van der Waals surface area contributed by atoms with Crippen molar-refractivity contribution in [1.82, 2.24) is 24.6 Å². The highest BCUT2D eigenvalue weighted by Gasteiger charge is 2.02. The van der Waals surface area contributed by atoms with Crippen molar-refractivity contribution in [2.45, 2.75) is 13.1 Å². The minimum absolute atomic E-state index is 0.736. The van der Waals surface area contributed by atoms with Crippen molar-refractivity contribution in [2.24, 2.45) is 7.05 Å². The topological polar surface area (TPSA) is 56.9 Å². The van der Waals surface area contributed by atoms with Gasteiger partial charge in [0.2, 0.25) is 0 Å². The minimum Gasteiger partial charge on any atom is -0.383 e. The Kier molecular flexibility index (Phi) is 4.49. The molecule has 0 radical (unpaired) electrons. The van der Waals surface area contributed by atoms with Gasteiger partial charge in [-0.15, -0.1) is 10.2 Å². The second-order valence-electron chi connectivity index (χ2n) is 4.22. The van der Waals surface area contributed by atoms with Crippen molar-refractivity contribution in [3.8, 4) is 0 Å². The molecule has 2 rings (SSSR count). The zero-order valence-electron chi connectivity index (χ0n) is 10.8.